The van der Waals surface area contributed by atoms with Gasteiger partial charge in [0.05, 0.1) is 10.6 Å². The average molecular weight is 432 g/mol. The number of aromatic nitrogens is 1. The second-order valence-electron chi connectivity index (χ2n) is 5.90. The number of anilines is 1. The smallest absolute Gasteiger partial charge is 0.264 e. The molecular weight excluding hydrogens is 410 g/mol. The van der Waals surface area contributed by atoms with Crippen molar-refractivity contribution in [2.75, 3.05) is 17.8 Å². The number of pyridine rings is 1. The fraction of sp³-hybridized carbons (Fsp3) is 0.353. The third-order valence-electron chi connectivity index (χ3n) is 4.24. The van der Waals surface area contributed by atoms with Crippen LogP contribution in [0.5, 0.6) is 0 Å². The van der Waals surface area contributed by atoms with Crippen molar-refractivity contribution >= 4 is 37.3 Å². The first-order valence-electron chi connectivity index (χ1n) is 8.29. The number of hydrogen-bond donors (Lipinski definition) is 1. The molecule has 1 heterocycles. The van der Waals surface area contributed by atoms with E-state index in [0.717, 1.165) is 0 Å². The van der Waals surface area contributed by atoms with Gasteiger partial charge in [0.1, 0.15) is 10.0 Å². The molecular formula is C17H22ClN3O4S2. The third-order valence-corrected chi connectivity index (χ3v) is 8.08. The summed E-state index contributed by atoms with van der Waals surface area (Å²) in [4.78, 5) is 3.62. The van der Waals surface area contributed by atoms with Crippen LogP contribution in [0.3, 0.4) is 0 Å². The molecule has 0 saturated carbocycles. The maximum atomic E-state index is 12.8. The van der Waals surface area contributed by atoms with E-state index in [9.17, 15) is 16.8 Å². The molecule has 148 valence electrons. The summed E-state index contributed by atoms with van der Waals surface area (Å²) in [5, 5.41) is -0.161. The molecule has 0 aliphatic rings. The topological polar surface area (TPSA) is 96.4 Å². The summed E-state index contributed by atoms with van der Waals surface area (Å²) < 4.78 is 54.8. The van der Waals surface area contributed by atoms with Crippen molar-refractivity contribution in [1.29, 1.82) is 0 Å². The van der Waals surface area contributed by atoms with Crippen molar-refractivity contribution in [3.05, 3.63) is 46.7 Å². The molecule has 0 radical (unpaired) electrons. The molecule has 1 aromatic carbocycles. The predicted molar refractivity (Wildman–Crippen MR) is 106 cm³/mol. The fourth-order valence-corrected chi connectivity index (χ4v) is 5.70. The maximum absolute atomic E-state index is 12.8. The van der Waals surface area contributed by atoms with E-state index in [1.165, 1.54) is 34.8 Å². The van der Waals surface area contributed by atoms with Gasteiger partial charge in [0.25, 0.3) is 10.0 Å². The van der Waals surface area contributed by atoms with Crippen LogP contribution < -0.4 is 4.72 Å². The minimum atomic E-state index is -4.03. The molecule has 7 nitrogen and oxygen atoms in total. The molecule has 0 aliphatic heterocycles. The third kappa shape index (κ3) is 4.43. The SMILES string of the molecule is CCN(CC)S(=O)(=O)c1cc(C)c(C)c(NS(=O)(=O)c2cccnc2Cl)c1. The summed E-state index contributed by atoms with van der Waals surface area (Å²) in [6.45, 7) is 7.57. The van der Waals surface area contributed by atoms with Crippen molar-refractivity contribution in [2.45, 2.75) is 37.5 Å². The molecule has 0 unspecified atom stereocenters. The second-order valence-corrected chi connectivity index (χ2v) is 9.85. The minimum Gasteiger partial charge on any atom is -0.279 e. The zero-order chi connectivity index (χ0) is 20.4. The normalized spacial score (nSPS) is 12.4. The summed E-state index contributed by atoms with van der Waals surface area (Å²) in [5.74, 6) is 0. The Bertz CT molecular complexity index is 1050. The Balaban J connectivity index is 2.56. The summed E-state index contributed by atoms with van der Waals surface area (Å²) in [6.07, 6.45) is 1.38. The van der Waals surface area contributed by atoms with Gasteiger partial charge >= 0.3 is 0 Å². The highest BCUT2D eigenvalue weighted by Crippen LogP contribution is 2.29. The van der Waals surface area contributed by atoms with Gasteiger partial charge in [-0.05, 0) is 49.2 Å². The Morgan fingerprint density at radius 1 is 1.11 bits per heavy atom. The van der Waals surface area contributed by atoms with Crippen LogP contribution in [0.25, 0.3) is 0 Å². The van der Waals surface area contributed by atoms with E-state index in [1.807, 2.05) is 0 Å². The molecule has 0 bridgehead atoms. The van der Waals surface area contributed by atoms with Crippen LogP contribution in [0.2, 0.25) is 5.15 Å². The molecule has 10 heteroatoms. The summed E-state index contributed by atoms with van der Waals surface area (Å²) >= 11 is 5.90. The van der Waals surface area contributed by atoms with E-state index in [2.05, 4.69) is 9.71 Å². The van der Waals surface area contributed by atoms with Crippen LogP contribution in [0.4, 0.5) is 5.69 Å². The maximum Gasteiger partial charge on any atom is 0.264 e. The van der Waals surface area contributed by atoms with Crippen molar-refractivity contribution < 1.29 is 16.8 Å². The van der Waals surface area contributed by atoms with Gasteiger partial charge < -0.3 is 0 Å². The number of nitrogens with zero attached hydrogens (tertiary/aromatic N) is 2. The molecule has 0 fully saturated rings. The summed E-state index contributed by atoms with van der Waals surface area (Å²) in [7, 11) is -7.76. The van der Waals surface area contributed by atoms with Gasteiger partial charge in [0, 0.05) is 19.3 Å². The lowest BCUT2D eigenvalue weighted by Crippen LogP contribution is -2.30. The Hall–Kier alpha value is -1.68. The number of hydrogen-bond acceptors (Lipinski definition) is 5. The van der Waals surface area contributed by atoms with Gasteiger partial charge in [0.15, 0.2) is 0 Å². The average Bonchev–Trinajstić information content (AvgIpc) is 2.59. The lowest BCUT2D eigenvalue weighted by Gasteiger charge is -2.20. The highest BCUT2D eigenvalue weighted by Gasteiger charge is 2.25. The summed E-state index contributed by atoms with van der Waals surface area (Å²) in [6, 6.07) is 5.66. The first-order valence-corrected chi connectivity index (χ1v) is 11.6. The number of halogens is 1. The van der Waals surface area contributed by atoms with Crippen LogP contribution in [0.1, 0.15) is 25.0 Å². The fourth-order valence-electron chi connectivity index (χ4n) is 2.57. The molecule has 2 aromatic rings. The standard InChI is InChI=1S/C17H22ClN3O4S2/c1-5-21(6-2)27(24,25)14-10-12(3)13(4)15(11-14)20-26(22,23)16-8-7-9-19-17(16)18/h7-11,20H,5-6H2,1-4H3. The second kappa shape index (κ2) is 8.14. The van der Waals surface area contributed by atoms with Crippen molar-refractivity contribution in [1.82, 2.24) is 9.29 Å². The Morgan fingerprint density at radius 2 is 1.74 bits per heavy atom. The van der Waals surface area contributed by atoms with Gasteiger partial charge in [-0.15, -0.1) is 0 Å². The van der Waals surface area contributed by atoms with Crippen LogP contribution >= 0.6 is 11.6 Å². The van der Waals surface area contributed by atoms with E-state index in [4.69, 9.17) is 11.6 Å². The molecule has 1 N–H and O–H groups in total. The van der Waals surface area contributed by atoms with Crippen LogP contribution in [-0.4, -0.2) is 39.2 Å². The summed E-state index contributed by atoms with van der Waals surface area (Å²) in [5.41, 5.74) is 1.45. The van der Waals surface area contributed by atoms with Crippen LogP contribution in [0.15, 0.2) is 40.3 Å². The zero-order valence-corrected chi connectivity index (χ0v) is 17.9. The molecule has 2 rings (SSSR count). The Labute approximate surface area is 165 Å². The molecule has 0 saturated heterocycles. The van der Waals surface area contributed by atoms with E-state index in [1.54, 1.807) is 27.7 Å². The number of sulfonamides is 2. The molecule has 0 aliphatic carbocycles. The molecule has 27 heavy (non-hydrogen) atoms. The Kier molecular flexibility index (Phi) is 6.51. The van der Waals surface area contributed by atoms with Gasteiger partial charge in [-0.2, -0.15) is 4.31 Å². The van der Waals surface area contributed by atoms with Crippen molar-refractivity contribution in [3.63, 3.8) is 0 Å². The number of rotatable bonds is 7. The lowest BCUT2D eigenvalue weighted by molar-refractivity contribution is 0.445. The highest BCUT2D eigenvalue weighted by molar-refractivity contribution is 7.92. The zero-order valence-electron chi connectivity index (χ0n) is 15.5. The predicted octanol–water partition coefficient (Wildman–Crippen LogP) is 3.18. The van der Waals surface area contributed by atoms with Crippen molar-refractivity contribution in [2.24, 2.45) is 0 Å². The Morgan fingerprint density at radius 3 is 2.30 bits per heavy atom. The van der Waals surface area contributed by atoms with E-state index in [0.29, 0.717) is 24.2 Å². The minimum absolute atomic E-state index is 0.0317. The van der Waals surface area contributed by atoms with Crippen LogP contribution in [-0.2, 0) is 20.0 Å². The first kappa shape index (κ1) is 21.6. The van der Waals surface area contributed by atoms with Gasteiger partial charge in [0.2, 0.25) is 10.0 Å². The number of nitrogens with one attached hydrogen (secondary N) is 1. The largest absolute Gasteiger partial charge is 0.279 e. The van der Waals surface area contributed by atoms with Gasteiger partial charge in [-0.1, -0.05) is 25.4 Å². The van der Waals surface area contributed by atoms with Gasteiger partial charge in [-0.3, -0.25) is 4.72 Å². The quantitative estimate of drug-likeness (QED) is 0.679. The highest BCUT2D eigenvalue weighted by atomic mass is 35.5. The number of aryl methyl sites for hydroxylation is 1. The molecule has 0 amide bonds. The monoisotopic (exact) mass is 431 g/mol. The molecule has 0 atom stereocenters. The van der Waals surface area contributed by atoms with E-state index in [-0.39, 0.29) is 20.6 Å². The molecule has 1 aromatic heterocycles. The van der Waals surface area contributed by atoms with Gasteiger partial charge in [-0.25, -0.2) is 21.8 Å². The van der Waals surface area contributed by atoms with E-state index >= 15 is 0 Å². The molecule has 0 spiro atoms. The number of benzene rings is 1. The van der Waals surface area contributed by atoms with E-state index < -0.39 is 20.0 Å². The lowest BCUT2D eigenvalue weighted by atomic mass is 10.1. The first-order chi connectivity index (χ1) is 12.5. The van der Waals surface area contributed by atoms with Crippen LogP contribution in [0, 0.1) is 13.8 Å². The van der Waals surface area contributed by atoms with Crippen molar-refractivity contribution in [3.8, 4) is 0 Å².